The molecule has 1 atom stereocenters. The number of thioether (sulfide) groups is 1. The summed E-state index contributed by atoms with van der Waals surface area (Å²) in [6, 6.07) is 17.8. The van der Waals surface area contributed by atoms with Crippen molar-refractivity contribution in [2.45, 2.75) is 11.8 Å². The van der Waals surface area contributed by atoms with E-state index in [1.807, 2.05) is 59.1 Å². The third-order valence-corrected chi connectivity index (χ3v) is 5.62. The zero-order chi connectivity index (χ0) is 18.4. The van der Waals surface area contributed by atoms with E-state index in [2.05, 4.69) is 24.0 Å². The molecule has 1 aliphatic heterocycles. The van der Waals surface area contributed by atoms with Gasteiger partial charge in [-0.1, -0.05) is 49.0 Å². The summed E-state index contributed by atoms with van der Waals surface area (Å²) in [5, 5.41) is 3.05. The molecule has 1 aliphatic rings. The highest BCUT2D eigenvalue weighted by Gasteiger charge is 2.25. The molecule has 1 fully saturated rings. The van der Waals surface area contributed by atoms with Gasteiger partial charge in [0, 0.05) is 36.2 Å². The van der Waals surface area contributed by atoms with Gasteiger partial charge in [-0.3, -0.25) is 9.59 Å². The number of hydrogen-bond donors (Lipinski definition) is 1. The third-order valence-electron chi connectivity index (χ3n) is 4.38. The van der Waals surface area contributed by atoms with E-state index in [0.717, 1.165) is 24.4 Å². The largest absolute Gasteiger partial charge is 0.348 e. The molecule has 0 spiro atoms. The summed E-state index contributed by atoms with van der Waals surface area (Å²) < 4.78 is 0. The molecule has 0 radical (unpaired) electrons. The number of benzene rings is 2. The van der Waals surface area contributed by atoms with Crippen LogP contribution >= 0.6 is 11.8 Å². The average Bonchev–Trinajstić information content (AvgIpc) is 2.72. The number of nitrogens with zero attached hydrogens (tertiary/aromatic N) is 1. The van der Waals surface area contributed by atoms with E-state index in [9.17, 15) is 9.59 Å². The maximum atomic E-state index is 12.8. The van der Waals surface area contributed by atoms with Gasteiger partial charge >= 0.3 is 0 Å². The Kier molecular flexibility index (Phi) is 6.12. The normalized spacial score (nSPS) is 16.8. The standard InChI is InChI=1S/C21H22N2O2S/c1-2-20(24)22-14-16-8-10-18(11-9-16)21(25)23-12-13-26-19(15-23)17-6-4-3-5-7-17/h2-11,19H,1,12-15H2,(H,22,24). The Hall–Kier alpha value is -2.53. The lowest BCUT2D eigenvalue weighted by atomic mass is 10.1. The van der Waals surface area contributed by atoms with Crippen LogP contribution in [-0.4, -0.2) is 35.6 Å². The van der Waals surface area contributed by atoms with Gasteiger partial charge in [0.2, 0.25) is 5.91 Å². The Morgan fingerprint density at radius 3 is 2.58 bits per heavy atom. The second-order valence-electron chi connectivity index (χ2n) is 6.14. The van der Waals surface area contributed by atoms with Crippen molar-refractivity contribution in [2.75, 3.05) is 18.8 Å². The summed E-state index contributed by atoms with van der Waals surface area (Å²) >= 11 is 1.90. The maximum Gasteiger partial charge on any atom is 0.253 e. The van der Waals surface area contributed by atoms with Crippen molar-refractivity contribution in [3.05, 3.63) is 83.9 Å². The summed E-state index contributed by atoms with van der Waals surface area (Å²) in [5.41, 5.74) is 2.90. The number of hydrogen-bond acceptors (Lipinski definition) is 3. The van der Waals surface area contributed by atoms with Crippen LogP contribution in [0.4, 0.5) is 0 Å². The first kappa shape index (κ1) is 18.3. The molecule has 2 amide bonds. The molecule has 26 heavy (non-hydrogen) atoms. The van der Waals surface area contributed by atoms with Crippen LogP contribution in [0.1, 0.15) is 26.7 Å². The third kappa shape index (κ3) is 4.55. The molecule has 2 aromatic carbocycles. The van der Waals surface area contributed by atoms with Gasteiger partial charge in [0.05, 0.1) is 0 Å². The van der Waals surface area contributed by atoms with Crippen LogP contribution in [0.25, 0.3) is 0 Å². The van der Waals surface area contributed by atoms with Crippen LogP contribution in [-0.2, 0) is 11.3 Å². The van der Waals surface area contributed by atoms with Crippen molar-refractivity contribution in [3.8, 4) is 0 Å². The van der Waals surface area contributed by atoms with Crippen molar-refractivity contribution in [3.63, 3.8) is 0 Å². The highest BCUT2D eigenvalue weighted by Crippen LogP contribution is 2.33. The fourth-order valence-corrected chi connectivity index (χ4v) is 4.16. The molecule has 134 valence electrons. The zero-order valence-electron chi connectivity index (χ0n) is 14.6. The molecule has 4 nitrogen and oxygen atoms in total. The summed E-state index contributed by atoms with van der Waals surface area (Å²) in [5.74, 6) is 0.799. The topological polar surface area (TPSA) is 49.4 Å². The predicted molar refractivity (Wildman–Crippen MR) is 106 cm³/mol. The fourth-order valence-electron chi connectivity index (χ4n) is 2.91. The van der Waals surface area contributed by atoms with Gasteiger partial charge in [-0.05, 0) is 29.3 Å². The average molecular weight is 366 g/mol. The molecule has 3 rings (SSSR count). The molecular weight excluding hydrogens is 344 g/mol. The van der Waals surface area contributed by atoms with Crippen LogP contribution in [0, 0.1) is 0 Å². The summed E-state index contributed by atoms with van der Waals surface area (Å²) in [7, 11) is 0. The Bertz CT molecular complexity index is 774. The maximum absolute atomic E-state index is 12.8. The summed E-state index contributed by atoms with van der Waals surface area (Å²) in [6.45, 7) is 5.35. The van der Waals surface area contributed by atoms with Crippen molar-refractivity contribution < 1.29 is 9.59 Å². The van der Waals surface area contributed by atoms with Crippen molar-refractivity contribution in [2.24, 2.45) is 0 Å². The lowest BCUT2D eigenvalue weighted by molar-refractivity contribution is -0.116. The van der Waals surface area contributed by atoms with Crippen molar-refractivity contribution in [1.82, 2.24) is 10.2 Å². The number of nitrogens with one attached hydrogen (secondary N) is 1. The molecule has 0 saturated carbocycles. The van der Waals surface area contributed by atoms with Gasteiger partial charge in [0.15, 0.2) is 0 Å². The van der Waals surface area contributed by atoms with E-state index in [1.54, 1.807) is 0 Å². The highest BCUT2D eigenvalue weighted by molar-refractivity contribution is 7.99. The first-order valence-electron chi connectivity index (χ1n) is 8.62. The second kappa shape index (κ2) is 8.72. The van der Waals surface area contributed by atoms with E-state index in [1.165, 1.54) is 11.6 Å². The molecule has 2 aromatic rings. The minimum atomic E-state index is -0.206. The molecule has 5 heteroatoms. The van der Waals surface area contributed by atoms with Crippen LogP contribution in [0.3, 0.4) is 0 Å². The molecule has 0 aromatic heterocycles. The first-order chi connectivity index (χ1) is 12.7. The Balaban J connectivity index is 1.63. The fraction of sp³-hybridized carbons (Fsp3) is 0.238. The molecule has 1 saturated heterocycles. The van der Waals surface area contributed by atoms with Crippen LogP contribution in [0.2, 0.25) is 0 Å². The predicted octanol–water partition coefficient (Wildman–Crippen LogP) is 3.42. The molecule has 1 unspecified atom stereocenters. The van der Waals surface area contributed by atoms with Gasteiger partial charge < -0.3 is 10.2 Å². The zero-order valence-corrected chi connectivity index (χ0v) is 15.4. The van der Waals surface area contributed by atoms with E-state index in [0.29, 0.717) is 17.4 Å². The smallest absolute Gasteiger partial charge is 0.253 e. The summed E-state index contributed by atoms with van der Waals surface area (Å²) in [6.07, 6.45) is 1.25. The molecular formula is C21H22N2O2S. The molecule has 0 aliphatic carbocycles. The quantitative estimate of drug-likeness (QED) is 0.825. The SMILES string of the molecule is C=CC(=O)NCc1ccc(C(=O)N2CCSC(c3ccccc3)C2)cc1. The number of rotatable bonds is 5. The minimum Gasteiger partial charge on any atom is -0.348 e. The Morgan fingerprint density at radius 2 is 1.88 bits per heavy atom. The van der Waals surface area contributed by atoms with Crippen molar-refractivity contribution >= 4 is 23.6 Å². The van der Waals surface area contributed by atoms with Gasteiger partial charge in [0.25, 0.3) is 5.91 Å². The van der Waals surface area contributed by atoms with E-state index >= 15 is 0 Å². The van der Waals surface area contributed by atoms with E-state index in [-0.39, 0.29) is 11.8 Å². The van der Waals surface area contributed by atoms with Crippen LogP contribution in [0.15, 0.2) is 67.3 Å². The second-order valence-corrected chi connectivity index (χ2v) is 7.45. The van der Waals surface area contributed by atoms with E-state index in [4.69, 9.17) is 0 Å². The van der Waals surface area contributed by atoms with Crippen LogP contribution < -0.4 is 5.32 Å². The Morgan fingerprint density at radius 1 is 1.15 bits per heavy atom. The van der Waals surface area contributed by atoms with Crippen LogP contribution in [0.5, 0.6) is 0 Å². The lowest BCUT2D eigenvalue weighted by Crippen LogP contribution is -2.39. The lowest BCUT2D eigenvalue weighted by Gasteiger charge is -2.32. The molecule has 1 N–H and O–H groups in total. The van der Waals surface area contributed by atoms with Gasteiger partial charge in [0.1, 0.15) is 0 Å². The van der Waals surface area contributed by atoms with Crippen molar-refractivity contribution in [1.29, 1.82) is 0 Å². The van der Waals surface area contributed by atoms with Gasteiger partial charge in [-0.15, -0.1) is 0 Å². The van der Waals surface area contributed by atoms with E-state index < -0.39 is 0 Å². The van der Waals surface area contributed by atoms with Gasteiger partial charge in [-0.2, -0.15) is 11.8 Å². The highest BCUT2D eigenvalue weighted by atomic mass is 32.2. The first-order valence-corrected chi connectivity index (χ1v) is 9.67. The summed E-state index contributed by atoms with van der Waals surface area (Å²) in [4.78, 5) is 26.0. The number of carbonyl (C=O) groups is 2. The van der Waals surface area contributed by atoms with Gasteiger partial charge in [-0.25, -0.2) is 0 Å². The number of carbonyl (C=O) groups excluding carboxylic acids is 2. The molecule has 0 bridgehead atoms. The Labute approximate surface area is 158 Å². The molecule has 1 heterocycles. The monoisotopic (exact) mass is 366 g/mol. The minimum absolute atomic E-state index is 0.0629. The number of amides is 2.